The molecule has 0 saturated carbocycles. The molecule has 0 fully saturated rings. The molecule has 0 aliphatic rings. The smallest absolute Gasteiger partial charge is 0.259 e. The van der Waals surface area contributed by atoms with Crippen molar-refractivity contribution >= 4 is 11.6 Å². The maximum absolute atomic E-state index is 12.1. The lowest BCUT2D eigenvalue weighted by Crippen LogP contribution is -2.13. The van der Waals surface area contributed by atoms with Gasteiger partial charge >= 0.3 is 0 Å². The lowest BCUT2D eigenvalue weighted by molar-refractivity contribution is 0.102. The largest absolute Gasteiger partial charge is 0.322 e. The number of aromatic nitrogens is 2. The Balaban J connectivity index is 2.24. The molecular weight excluding hydrogens is 226 g/mol. The summed E-state index contributed by atoms with van der Waals surface area (Å²) in [6.45, 7) is 5.90. The van der Waals surface area contributed by atoms with Crippen LogP contribution in [0.4, 0.5) is 5.69 Å². The molecule has 94 valence electrons. The third kappa shape index (κ3) is 2.27. The minimum atomic E-state index is -0.118. The SMILES string of the molecule is Cc1ccc(NC(=O)c2cnn(C)c2C)c(C)c1. The van der Waals surface area contributed by atoms with Gasteiger partial charge in [-0.05, 0) is 32.4 Å². The summed E-state index contributed by atoms with van der Waals surface area (Å²) in [7, 11) is 1.82. The number of carbonyl (C=O) groups is 1. The van der Waals surface area contributed by atoms with E-state index in [0.717, 1.165) is 16.9 Å². The molecule has 1 aromatic carbocycles. The molecule has 0 radical (unpaired) electrons. The van der Waals surface area contributed by atoms with E-state index in [2.05, 4.69) is 10.4 Å². The van der Waals surface area contributed by atoms with Gasteiger partial charge in [0.05, 0.1) is 11.8 Å². The zero-order valence-electron chi connectivity index (χ0n) is 11.1. The Labute approximate surface area is 107 Å². The average molecular weight is 243 g/mol. The molecule has 0 saturated heterocycles. The summed E-state index contributed by atoms with van der Waals surface area (Å²) in [6, 6.07) is 5.96. The van der Waals surface area contributed by atoms with Crippen LogP contribution in [0.2, 0.25) is 0 Å². The number of hydrogen-bond acceptors (Lipinski definition) is 2. The molecule has 1 aromatic heterocycles. The predicted molar refractivity (Wildman–Crippen MR) is 71.8 cm³/mol. The predicted octanol–water partition coefficient (Wildman–Crippen LogP) is 2.60. The van der Waals surface area contributed by atoms with E-state index >= 15 is 0 Å². The van der Waals surface area contributed by atoms with Gasteiger partial charge in [0.2, 0.25) is 0 Å². The number of aryl methyl sites for hydroxylation is 3. The first-order valence-electron chi connectivity index (χ1n) is 5.86. The second-order valence-electron chi connectivity index (χ2n) is 4.54. The Morgan fingerprint density at radius 1 is 1.28 bits per heavy atom. The first-order chi connectivity index (χ1) is 8.49. The lowest BCUT2D eigenvalue weighted by atomic mass is 10.1. The minimum absolute atomic E-state index is 0.118. The molecule has 0 aliphatic carbocycles. The number of hydrogen-bond donors (Lipinski definition) is 1. The van der Waals surface area contributed by atoms with Crippen LogP contribution in [0.1, 0.15) is 27.2 Å². The van der Waals surface area contributed by atoms with E-state index in [1.807, 2.05) is 46.0 Å². The van der Waals surface area contributed by atoms with Crippen LogP contribution in [-0.2, 0) is 7.05 Å². The van der Waals surface area contributed by atoms with Crippen LogP contribution < -0.4 is 5.32 Å². The van der Waals surface area contributed by atoms with Crippen LogP contribution in [0.3, 0.4) is 0 Å². The van der Waals surface area contributed by atoms with Gasteiger partial charge in [0.1, 0.15) is 0 Å². The summed E-state index contributed by atoms with van der Waals surface area (Å²) in [6.07, 6.45) is 1.59. The second-order valence-corrected chi connectivity index (χ2v) is 4.54. The molecule has 4 heteroatoms. The summed E-state index contributed by atoms with van der Waals surface area (Å²) in [5, 5.41) is 6.99. The summed E-state index contributed by atoms with van der Waals surface area (Å²) in [5.41, 5.74) is 4.55. The summed E-state index contributed by atoms with van der Waals surface area (Å²) < 4.78 is 1.69. The van der Waals surface area contributed by atoms with Crippen molar-refractivity contribution in [1.82, 2.24) is 9.78 Å². The molecular formula is C14H17N3O. The quantitative estimate of drug-likeness (QED) is 0.881. The summed E-state index contributed by atoms with van der Waals surface area (Å²) >= 11 is 0. The maximum atomic E-state index is 12.1. The standard InChI is InChI=1S/C14H17N3O/c1-9-5-6-13(10(2)7-9)16-14(18)12-8-15-17(4)11(12)3/h5-8H,1-4H3,(H,16,18). The van der Waals surface area contributed by atoms with E-state index < -0.39 is 0 Å². The van der Waals surface area contributed by atoms with Crippen LogP contribution in [0.15, 0.2) is 24.4 Å². The fourth-order valence-corrected chi connectivity index (χ4v) is 1.87. The van der Waals surface area contributed by atoms with E-state index in [9.17, 15) is 4.79 Å². The van der Waals surface area contributed by atoms with Crippen LogP contribution in [0, 0.1) is 20.8 Å². The number of nitrogens with one attached hydrogen (secondary N) is 1. The number of anilines is 1. The number of rotatable bonds is 2. The van der Waals surface area contributed by atoms with Crippen molar-refractivity contribution in [3.8, 4) is 0 Å². The monoisotopic (exact) mass is 243 g/mol. The Morgan fingerprint density at radius 3 is 2.56 bits per heavy atom. The van der Waals surface area contributed by atoms with Crippen LogP contribution in [-0.4, -0.2) is 15.7 Å². The molecule has 0 aliphatic heterocycles. The van der Waals surface area contributed by atoms with E-state index in [1.54, 1.807) is 10.9 Å². The van der Waals surface area contributed by atoms with E-state index in [-0.39, 0.29) is 5.91 Å². The first-order valence-corrected chi connectivity index (χ1v) is 5.86. The van der Waals surface area contributed by atoms with Crippen molar-refractivity contribution in [1.29, 1.82) is 0 Å². The van der Waals surface area contributed by atoms with Crippen LogP contribution in [0.5, 0.6) is 0 Å². The molecule has 1 amide bonds. The Bertz CT molecular complexity index is 599. The highest BCUT2D eigenvalue weighted by Gasteiger charge is 2.13. The van der Waals surface area contributed by atoms with Gasteiger partial charge in [0.25, 0.3) is 5.91 Å². The molecule has 0 spiro atoms. The van der Waals surface area contributed by atoms with E-state index in [0.29, 0.717) is 5.56 Å². The topological polar surface area (TPSA) is 46.9 Å². The summed E-state index contributed by atoms with van der Waals surface area (Å²) in [4.78, 5) is 12.1. The summed E-state index contributed by atoms with van der Waals surface area (Å²) in [5.74, 6) is -0.118. The third-order valence-corrected chi connectivity index (χ3v) is 3.11. The molecule has 0 bridgehead atoms. The molecule has 0 atom stereocenters. The number of amides is 1. The minimum Gasteiger partial charge on any atom is -0.322 e. The van der Waals surface area contributed by atoms with Crippen molar-refractivity contribution in [2.24, 2.45) is 7.05 Å². The molecule has 1 N–H and O–H groups in total. The van der Waals surface area contributed by atoms with E-state index in [4.69, 9.17) is 0 Å². The Hall–Kier alpha value is -2.10. The van der Waals surface area contributed by atoms with Gasteiger partial charge in [-0.25, -0.2) is 0 Å². The van der Waals surface area contributed by atoms with Gasteiger partial charge in [0.15, 0.2) is 0 Å². The highest BCUT2D eigenvalue weighted by molar-refractivity contribution is 6.05. The van der Waals surface area contributed by atoms with Gasteiger partial charge in [-0.15, -0.1) is 0 Å². The van der Waals surface area contributed by atoms with Crippen molar-refractivity contribution < 1.29 is 4.79 Å². The van der Waals surface area contributed by atoms with Gasteiger partial charge in [0, 0.05) is 18.4 Å². The third-order valence-electron chi connectivity index (χ3n) is 3.11. The fourth-order valence-electron chi connectivity index (χ4n) is 1.87. The average Bonchev–Trinajstić information content (AvgIpc) is 2.64. The molecule has 4 nitrogen and oxygen atoms in total. The normalized spacial score (nSPS) is 10.4. The molecule has 1 heterocycles. The van der Waals surface area contributed by atoms with Gasteiger partial charge in [-0.2, -0.15) is 5.10 Å². The number of nitrogens with zero attached hydrogens (tertiary/aromatic N) is 2. The fraction of sp³-hybridized carbons (Fsp3) is 0.286. The van der Waals surface area contributed by atoms with Crippen LogP contribution >= 0.6 is 0 Å². The van der Waals surface area contributed by atoms with Gasteiger partial charge in [-0.1, -0.05) is 17.7 Å². The van der Waals surface area contributed by atoms with Gasteiger partial charge in [-0.3, -0.25) is 9.48 Å². The first kappa shape index (κ1) is 12.4. The molecule has 2 rings (SSSR count). The van der Waals surface area contributed by atoms with Gasteiger partial charge < -0.3 is 5.32 Å². The zero-order valence-corrected chi connectivity index (χ0v) is 11.1. The van der Waals surface area contributed by atoms with Crippen molar-refractivity contribution in [3.63, 3.8) is 0 Å². The number of carbonyl (C=O) groups excluding carboxylic acids is 1. The van der Waals surface area contributed by atoms with Crippen LogP contribution in [0.25, 0.3) is 0 Å². The molecule has 0 unspecified atom stereocenters. The Morgan fingerprint density at radius 2 is 2.00 bits per heavy atom. The highest BCUT2D eigenvalue weighted by atomic mass is 16.1. The second kappa shape index (κ2) is 4.64. The van der Waals surface area contributed by atoms with E-state index in [1.165, 1.54) is 5.56 Å². The maximum Gasteiger partial charge on any atom is 0.259 e. The van der Waals surface area contributed by atoms with Crippen molar-refractivity contribution in [3.05, 3.63) is 46.8 Å². The molecule has 18 heavy (non-hydrogen) atoms. The number of benzene rings is 1. The zero-order chi connectivity index (χ0) is 13.3. The van der Waals surface area contributed by atoms with Crippen molar-refractivity contribution in [2.45, 2.75) is 20.8 Å². The highest BCUT2D eigenvalue weighted by Crippen LogP contribution is 2.17. The molecule has 2 aromatic rings. The lowest BCUT2D eigenvalue weighted by Gasteiger charge is -2.08. The van der Waals surface area contributed by atoms with Crippen molar-refractivity contribution in [2.75, 3.05) is 5.32 Å². The Kier molecular flexibility index (Phi) is 3.19.